The molecule has 1 aromatic carbocycles. The lowest BCUT2D eigenvalue weighted by Crippen LogP contribution is -2.46. The molecule has 7 heteroatoms. The van der Waals surface area contributed by atoms with Crippen molar-refractivity contribution < 1.29 is 24.2 Å². The van der Waals surface area contributed by atoms with Gasteiger partial charge in [-0.15, -0.1) is 0 Å². The first kappa shape index (κ1) is 18.5. The normalized spacial score (nSPS) is 12.1. The molecule has 7 nitrogen and oxygen atoms in total. The van der Waals surface area contributed by atoms with Crippen molar-refractivity contribution in [1.82, 2.24) is 10.6 Å². The zero-order valence-electron chi connectivity index (χ0n) is 13.5. The quantitative estimate of drug-likeness (QED) is 0.739. The minimum Gasteiger partial charge on any atom is -0.480 e. The van der Waals surface area contributed by atoms with Crippen LogP contribution in [0.3, 0.4) is 0 Å². The Kier molecular flexibility index (Phi) is 6.56. The largest absolute Gasteiger partial charge is 0.480 e. The number of carboxylic acid groups (broad SMARTS) is 1. The van der Waals surface area contributed by atoms with Gasteiger partial charge in [0.2, 0.25) is 5.91 Å². The van der Waals surface area contributed by atoms with Crippen molar-refractivity contribution >= 4 is 18.0 Å². The molecule has 3 N–H and O–H groups in total. The smallest absolute Gasteiger partial charge is 0.408 e. The topological polar surface area (TPSA) is 105 Å². The zero-order chi connectivity index (χ0) is 17.5. The van der Waals surface area contributed by atoms with Crippen molar-refractivity contribution in [3.05, 3.63) is 35.9 Å². The molecule has 0 spiro atoms. The first-order valence-electron chi connectivity index (χ1n) is 7.20. The molecule has 1 unspecified atom stereocenters. The van der Waals surface area contributed by atoms with Crippen molar-refractivity contribution in [3.63, 3.8) is 0 Å². The Labute approximate surface area is 135 Å². The maximum Gasteiger partial charge on any atom is 0.408 e. The molecular weight excluding hydrogens is 300 g/mol. The summed E-state index contributed by atoms with van der Waals surface area (Å²) in [7, 11) is 0. The first-order chi connectivity index (χ1) is 10.7. The summed E-state index contributed by atoms with van der Waals surface area (Å²) < 4.78 is 4.98. The molecule has 0 radical (unpaired) electrons. The molecule has 1 atom stereocenters. The highest BCUT2D eigenvalue weighted by atomic mass is 16.6. The van der Waals surface area contributed by atoms with Crippen LogP contribution in [-0.2, 0) is 20.9 Å². The molecule has 2 amide bonds. The fourth-order valence-corrected chi connectivity index (χ4v) is 1.70. The number of carboxylic acids is 1. The molecule has 0 fully saturated rings. The first-order valence-corrected chi connectivity index (χ1v) is 7.20. The maximum absolute atomic E-state index is 11.8. The number of carbonyl (C=O) groups is 3. The molecule has 1 rings (SSSR count). The summed E-state index contributed by atoms with van der Waals surface area (Å²) in [5.74, 6) is -1.77. The number of nitrogens with one attached hydrogen (secondary N) is 2. The third kappa shape index (κ3) is 7.85. The molecule has 0 bridgehead atoms. The van der Waals surface area contributed by atoms with E-state index in [1.807, 2.05) is 30.3 Å². The average Bonchev–Trinajstić information content (AvgIpc) is 2.43. The molecule has 23 heavy (non-hydrogen) atoms. The van der Waals surface area contributed by atoms with Gasteiger partial charge >= 0.3 is 12.1 Å². The number of hydrogen-bond acceptors (Lipinski definition) is 4. The van der Waals surface area contributed by atoms with E-state index in [1.54, 1.807) is 20.8 Å². The summed E-state index contributed by atoms with van der Waals surface area (Å²) in [4.78, 5) is 34.6. The third-order valence-corrected chi connectivity index (χ3v) is 2.71. The number of rotatable bonds is 6. The van der Waals surface area contributed by atoms with Gasteiger partial charge in [0, 0.05) is 6.54 Å². The monoisotopic (exact) mass is 322 g/mol. The molecule has 1 aromatic rings. The van der Waals surface area contributed by atoms with Gasteiger partial charge in [0.25, 0.3) is 0 Å². The Hall–Kier alpha value is -2.57. The molecule has 0 saturated heterocycles. The van der Waals surface area contributed by atoms with E-state index in [-0.39, 0.29) is 6.42 Å². The van der Waals surface area contributed by atoms with Crippen molar-refractivity contribution in [1.29, 1.82) is 0 Å². The van der Waals surface area contributed by atoms with Crippen LogP contribution in [0.1, 0.15) is 32.8 Å². The van der Waals surface area contributed by atoms with Gasteiger partial charge in [-0.2, -0.15) is 0 Å². The second kappa shape index (κ2) is 8.17. The number of benzene rings is 1. The number of carbonyl (C=O) groups excluding carboxylic acids is 2. The number of alkyl carbamates (subject to hydrolysis) is 1. The second-order valence-corrected chi connectivity index (χ2v) is 6.00. The Bertz CT molecular complexity index is 551. The van der Waals surface area contributed by atoms with Gasteiger partial charge in [-0.3, -0.25) is 4.79 Å². The van der Waals surface area contributed by atoms with Crippen LogP contribution < -0.4 is 10.6 Å². The van der Waals surface area contributed by atoms with Crippen LogP contribution in [-0.4, -0.2) is 34.7 Å². The third-order valence-electron chi connectivity index (χ3n) is 2.71. The van der Waals surface area contributed by atoms with Gasteiger partial charge in [-0.05, 0) is 26.3 Å². The number of aliphatic carboxylic acids is 1. The summed E-state index contributed by atoms with van der Waals surface area (Å²) in [5, 5.41) is 13.9. The number of hydrogen-bond donors (Lipinski definition) is 3. The summed E-state index contributed by atoms with van der Waals surface area (Å²) in [6.07, 6.45) is -1.25. The zero-order valence-corrected chi connectivity index (χ0v) is 13.5. The fraction of sp³-hybridized carbons (Fsp3) is 0.438. The van der Waals surface area contributed by atoms with Crippen molar-refractivity contribution in [3.8, 4) is 0 Å². The molecule has 0 aliphatic rings. The minimum atomic E-state index is -1.35. The molecular formula is C16H22N2O5. The van der Waals surface area contributed by atoms with Crippen molar-refractivity contribution in [2.24, 2.45) is 0 Å². The summed E-state index contributed by atoms with van der Waals surface area (Å²) in [6.45, 7) is 5.28. The van der Waals surface area contributed by atoms with Crippen LogP contribution in [0, 0.1) is 0 Å². The van der Waals surface area contributed by atoms with Crippen LogP contribution in [0.2, 0.25) is 0 Å². The predicted octanol–water partition coefficient (Wildman–Crippen LogP) is 1.67. The highest BCUT2D eigenvalue weighted by molar-refractivity contribution is 5.87. The molecule has 0 heterocycles. The van der Waals surface area contributed by atoms with E-state index in [0.717, 1.165) is 5.56 Å². The van der Waals surface area contributed by atoms with E-state index in [2.05, 4.69) is 10.6 Å². The maximum atomic E-state index is 11.8. The van der Waals surface area contributed by atoms with Gasteiger partial charge in [0.15, 0.2) is 0 Å². The highest BCUT2D eigenvalue weighted by Crippen LogP contribution is 2.07. The van der Waals surface area contributed by atoms with E-state index < -0.39 is 29.6 Å². The average molecular weight is 322 g/mol. The Morgan fingerprint density at radius 2 is 1.78 bits per heavy atom. The fourth-order valence-electron chi connectivity index (χ4n) is 1.70. The standard InChI is InChI=1S/C16H22N2O5/c1-16(2,3)23-15(22)18-12(14(20)21)9-13(19)17-10-11-7-5-4-6-8-11/h4-8,12H,9-10H2,1-3H3,(H,17,19)(H,18,22)(H,20,21). The van der Waals surface area contributed by atoms with E-state index in [4.69, 9.17) is 9.84 Å². The summed E-state index contributed by atoms with van der Waals surface area (Å²) in [6, 6.07) is 7.87. The van der Waals surface area contributed by atoms with Crippen LogP contribution in [0.4, 0.5) is 4.79 Å². The lowest BCUT2D eigenvalue weighted by Gasteiger charge is -2.21. The number of ether oxygens (including phenoxy) is 1. The van der Waals surface area contributed by atoms with Crippen LogP contribution in [0.5, 0.6) is 0 Å². The molecule has 126 valence electrons. The molecule has 0 saturated carbocycles. The molecule has 0 aliphatic carbocycles. The van der Waals surface area contributed by atoms with Crippen LogP contribution in [0.15, 0.2) is 30.3 Å². The van der Waals surface area contributed by atoms with E-state index in [9.17, 15) is 14.4 Å². The van der Waals surface area contributed by atoms with E-state index in [0.29, 0.717) is 6.54 Å². The van der Waals surface area contributed by atoms with Crippen molar-refractivity contribution in [2.75, 3.05) is 0 Å². The lowest BCUT2D eigenvalue weighted by atomic mass is 10.2. The van der Waals surface area contributed by atoms with Gasteiger partial charge in [-0.1, -0.05) is 30.3 Å². The Balaban J connectivity index is 2.50. The van der Waals surface area contributed by atoms with Gasteiger partial charge in [-0.25, -0.2) is 9.59 Å². The Morgan fingerprint density at radius 1 is 1.17 bits per heavy atom. The number of amides is 2. The lowest BCUT2D eigenvalue weighted by molar-refractivity contribution is -0.141. The van der Waals surface area contributed by atoms with Gasteiger partial charge < -0.3 is 20.5 Å². The molecule has 0 aliphatic heterocycles. The predicted molar refractivity (Wildman–Crippen MR) is 83.7 cm³/mol. The van der Waals surface area contributed by atoms with Crippen LogP contribution >= 0.6 is 0 Å². The minimum absolute atomic E-state index is 0.290. The van der Waals surface area contributed by atoms with E-state index >= 15 is 0 Å². The summed E-state index contributed by atoms with van der Waals surface area (Å²) in [5.41, 5.74) is 0.149. The van der Waals surface area contributed by atoms with Gasteiger partial charge in [0.1, 0.15) is 11.6 Å². The van der Waals surface area contributed by atoms with E-state index in [1.165, 1.54) is 0 Å². The van der Waals surface area contributed by atoms with Crippen molar-refractivity contribution in [2.45, 2.75) is 45.4 Å². The second-order valence-electron chi connectivity index (χ2n) is 6.00. The molecule has 0 aromatic heterocycles. The Morgan fingerprint density at radius 3 is 2.30 bits per heavy atom. The SMILES string of the molecule is CC(C)(C)OC(=O)NC(CC(=O)NCc1ccccc1)C(=O)O. The van der Waals surface area contributed by atoms with Gasteiger partial charge in [0.05, 0.1) is 6.42 Å². The summed E-state index contributed by atoms with van der Waals surface area (Å²) >= 11 is 0. The van der Waals surface area contributed by atoms with Crippen LogP contribution in [0.25, 0.3) is 0 Å². The highest BCUT2D eigenvalue weighted by Gasteiger charge is 2.26.